The van der Waals surface area contributed by atoms with Crippen LogP contribution in [-0.4, -0.2) is 54.2 Å². The summed E-state index contributed by atoms with van der Waals surface area (Å²) in [6, 6.07) is 3.15. The number of nitrogens with one attached hydrogen (secondary N) is 1. The molecule has 106 valence electrons. The summed E-state index contributed by atoms with van der Waals surface area (Å²) in [7, 11) is 0. The lowest BCUT2D eigenvalue weighted by Gasteiger charge is -2.26. The molecule has 2 heterocycles. The molecule has 0 radical (unpaired) electrons. The average Bonchev–Trinajstić information content (AvgIpc) is 2.47. The summed E-state index contributed by atoms with van der Waals surface area (Å²) in [5.41, 5.74) is -0.254. The third-order valence-corrected chi connectivity index (χ3v) is 3.05. The second-order valence-electron chi connectivity index (χ2n) is 4.31. The van der Waals surface area contributed by atoms with Crippen LogP contribution in [0, 0.1) is 21.4 Å². The van der Waals surface area contributed by atoms with Gasteiger partial charge >= 0.3 is 5.69 Å². The first-order valence-corrected chi connectivity index (χ1v) is 6.30. The Hall–Kier alpha value is -2.24. The van der Waals surface area contributed by atoms with Crippen LogP contribution in [0.1, 0.15) is 5.56 Å². The highest BCUT2D eigenvalue weighted by molar-refractivity contribution is 5.63. The first kappa shape index (κ1) is 14.2. The lowest BCUT2D eigenvalue weighted by atomic mass is 10.2. The number of ether oxygens (including phenoxy) is 1. The SMILES string of the molecule is N#Cc1ccnc(NCCN2CCOCC2)c1[N+](=O)[O-]. The number of hydrogen-bond donors (Lipinski definition) is 1. The molecule has 0 spiro atoms. The number of nitrogens with zero attached hydrogens (tertiary/aromatic N) is 4. The molecular formula is C12H15N5O3. The molecule has 0 aliphatic carbocycles. The highest BCUT2D eigenvalue weighted by Gasteiger charge is 2.21. The van der Waals surface area contributed by atoms with E-state index in [1.807, 2.05) is 6.07 Å². The Morgan fingerprint density at radius 2 is 2.30 bits per heavy atom. The number of rotatable bonds is 5. The van der Waals surface area contributed by atoms with Crippen molar-refractivity contribution < 1.29 is 9.66 Å². The second kappa shape index (κ2) is 6.79. The highest BCUT2D eigenvalue weighted by Crippen LogP contribution is 2.25. The molecule has 1 saturated heterocycles. The monoisotopic (exact) mass is 277 g/mol. The molecule has 0 unspecified atom stereocenters. The number of hydrogen-bond acceptors (Lipinski definition) is 7. The number of morpholine rings is 1. The second-order valence-corrected chi connectivity index (χ2v) is 4.31. The molecular weight excluding hydrogens is 262 g/mol. The topological polar surface area (TPSA) is 104 Å². The molecule has 1 aromatic rings. The highest BCUT2D eigenvalue weighted by atomic mass is 16.6. The largest absolute Gasteiger partial charge is 0.379 e. The summed E-state index contributed by atoms with van der Waals surface area (Å²) in [5, 5.41) is 22.8. The van der Waals surface area contributed by atoms with Crippen molar-refractivity contribution in [3.63, 3.8) is 0 Å². The lowest BCUT2D eigenvalue weighted by Crippen LogP contribution is -2.39. The molecule has 8 nitrogen and oxygen atoms in total. The molecule has 0 bridgehead atoms. The van der Waals surface area contributed by atoms with Gasteiger partial charge in [-0.05, 0) is 6.07 Å². The van der Waals surface area contributed by atoms with Gasteiger partial charge in [-0.15, -0.1) is 0 Å². The van der Waals surface area contributed by atoms with Crippen LogP contribution < -0.4 is 5.32 Å². The van der Waals surface area contributed by atoms with Gasteiger partial charge in [-0.25, -0.2) is 4.98 Å². The van der Waals surface area contributed by atoms with Crippen LogP contribution in [0.2, 0.25) is 0 Å². The van der Waals surface area contributed by atoms with Gasteiger partial charge in [-0.2, -0.15) is 5.26 Å². The van der Waals surface area contributed by atoms with E-state index in [1.165, 1.54) is 12.3 Å². The molecule has 1 aromatic heterocycles. The minimum absolute atomic E-state index is 0.0128. The van der Waals surface area contributed by atoms with Crippen LogP contribution >= 0.6 is 0 Å². The quantitative estimate of drug-likeness (QED) is 0.620. The molecule has 1 N–H and O–H groups in total. The summed E-state index contributed by atoms with van der Waals surface area (Å²) in [6.45, 7) is 4.41. The molecule has 0 amide bonds. The minimum Gasteiger partial charge on any atom is -0.379 e. The van der Waals surface area contributed by atoms with Crippen molar-refractivity contribution in [2.75, 3.05) is 44.7 Å². The number of aromatic nitrogens is 1. The maximum atomic E-state index is 11.0. The van der Waals surface area contributed by atoms with E-state index >= 15 is 0 Å². The van der Waals surface area contributed by atoms with Crippen molar-refractivity contribution in [3.8, 4) is 6.07 Å². The Morgan fingerprint density at radius 1 is 1.55 bits per heavy atom. The van der Waals surface area contributed by atoms with Gasteiger partial charge < -0.3 is 10.1 Å². The standard InChI is InChI=1S/C12H15N5O3/c13-9-10-1-2-14-12(11(10)17(18)19)15-3-4-16-5-7-20-8-6-16/h1-2H,3-8H2,(H,14,15). The number of pyridine rings is 1. The zero-order valence-electron chi connectivity index (χ0n) is 10.9. The van der Waals surface area contributed by atoms with Crippen molar-refractivity contribution in [1.29, 1.82) is 5.26 Å². The maximum absolute atomic E-state index is 11.0. The maximum Gasteiger partial charge on any atom is 0.328 e. The molecule has 20 heavy (non-hydrogen) atoms. The summed E-state index contributed by atoms with van der Waals surface area (Å²) in [4.78, 5) is 16.6. The molecule has 0 saturated carbocycles. The van der Waals surface area contributed by atoms with Crippen LogP contribution in [0.15, 0.2) is 12.3 Å². The first-order chi connectivity index (χ1) is 9.72. The number of nitro groups is 1. The van der Waals surface area contributed by atoms with E-state index in [0.717, 1.165) is 19.6 Å². The van der Waals surface area contributed by atoms with Gasteiger partial charge in [0.15, 0.2) is 0 Å². The van der Waals surface area contributed by atoms with Gasteiger partial charge in [0, 0.05) is 32.4 Å². The van der Waals surface area contributed by atoms with Crippen LogP contribution in [-0.2, 0) is 4.74 Å². The number of anilines is 1. The van der Waals surface area contributed by atoms with E-state index in [1.54, 1.807) is 0 Å². The molecule has 0 aromatic carbocycles. The van der Waals surface area contributed by atoms with E-state index in [2.05, 4.69) is 15.2 Å². The zero-order valence-corrected chi connectivity index (χ0v) is 10.9. The van der Waals surface area contributed by atoms with Gasteiger partial charge in [0.1, 0.15) is 11.6 Å². The summed E-state index contributed by atoms with van der Waals surface area (Å²) in [6.07, 6.45) is 1.39. The Kier molecular flexibility index (Phi) is 4.81. The zero-order chi connectivity index (χ0) is 14.4. The van der Waals surface area contributed by atoms with Gasteiger partial charge in [0.05, 0.1) is 18.1 Å². The summed E-state index contributed by atoms with van der Waals surface area (Å²) in [5.74, 6) is 0.141. The van der Waals surface area contributed by atoms with Gasteiger partial charge in [-0.3, -0.25) is 15.0 Å². The average molecular weight is 277 g/mol. The van der Waals surface area contributed by atoms with Crippen LogP contribution in [0.5, 0.6) is 0 Å². The Labute approximate surface area is 116 Å². The molecule has 1 aliphatic rings. The Bertz CT molecular complexity index is 522. The van der Waals surface area contributed by atoms with Crippen molar-refractivity contribution in [3.05, 3.63) is 27.9 Å². The fourth-order valence-electron chi connectivity index (χ4n) is 2.02. The van der Waals surface area contributed by atoms with Crippen molar-refractivity contribution in [2.45, 2.75) is 0 Å². The predicted octanol–water partition coefficient (Wildman–Crippen LogP) is 0.606. The third-order valence-electron chi connectivity index (χ3n) is 3.05. The van der Waals surface area contributed by atoms with Crippen molar-refractivity contribution in [1.82, 2.24) is 9.88 Å². The summed E-state index contributed by atoms with van der Waals surface area (Å²) < 4.78 is 5.25. The minimum atomic E-state index is -0.581. The first-order valence-electron chi connectivity index (χ1n) is 6.30. The smallest absolute Gasteiger partial charge is 0.328 e. The molecule has 8 heteroatoms. The Balaban J connectivity index is 1.98. The van der Waals surface area contributed by atoms with Crippen LogP contribution in [0.4, 0.5) is 11.5 Å². The molecule has 1 fully saturated rings. The van der Waals surface area contributed by atoms with E-state index in [0.29, 0.717) is 19.8 Å². The normalized spacial score (nSPS) is 15.6. The van der Waals surface area contributed by atoms with E-state index in [9.17, 15) is 10.1 Å². The van der Waals surface area contributed by atoms with Crippen molar-refractivity contribution in [2.24, 2.45) is 0 Å². The fourth-order valence-corrected chi connectivity index (χ4v) is 2.02. The molecule has 2 rings (SSSR count). The van der Waals surface area contributed by atoms with Gasteiger partial charge in [0.25, 0.3) is 0 Å². The van der Waals surface area contributed by atoms with Crippen molar-refractivity contribution >= 4 is 11.5 Å². The Morgan fingerprint density at radius 3 is 2.95 bits per heavy atom. The van der Waals surface area contributed by atoms with Crippen LogP contribution in [0.3, 0.4) is 0 Å². The summed E-state index contributed by atoms with van der Waals surface area (Å²) >= 11 is 0. The lowest BCUT2D eigenvalue weighted by molar-refractivity contribution is -0.384. The molecule has 1 aliphatic heterocycles. The van der Waals surface area contributed by atoms with Crippen LogP contribution in [0.25, 0.3) is 0 Å². The van der Waals surface area contributed by atoms with Gasteiger partial charge in [0.2, 0.25) is 5.82 Å². The molecule has 0 atom stereocenters. The van der Waals surface area contributed by atoms with E-state index in [4.69, 9.17) is 10.00 Å². The number of nitriles is 1. The fraction of sp³-hybridized carbons (Fsp3) is 0.500. The predicted molar refractivity (Wildman–Crippen MR) is 71.4 cm³/mol. The van der Waals surface area contributed by atoms with E-state index in [-0.39, 0.29) is 17.1 Å². The van der Waals surface area contributed by atoms with Gasteiger partial charge in [-0.1, -0.05) is 0 Å². The third kappa shape index (κ3) is 3.40. The van der Waals surface area contributed by atoms with E-state index < -0.39 is 4.92 Å².